The van der Waals surface area contributed by atoms with Crippen molar-refractivity contribution in [1.82, 2.24) is 5.32 Å². The van der Waals surface area contributed by atoms with Crippen LogP contribution >= 0.6 is 11.8 Å². The van der Waals surface area contributed by atoms with Gasteiger partial charge in [-0.25, -0.2) is 9.59 Å². The number of carboxylic acid groups (broad SMARTS) is 1. The van der Waals surface area contributed by atoms with Crippen molar-refractivity contribution in [2.75, 3.05) is 18.1 Å². The van der Waals surface area contributed by atoms with Crippen LogP contribution in [-0.4, -0.2) is 47.8 Å². The van der Waals surface area contributed by atoms with Crippen molar-refractivity contribution in [3.05, 3.63) is 0 Å². The van der Waals surface area contributed by atoms with Crippen LogP contribution in [0, 0.1) is 0 Å². The van der Waals surface area contributed by atoms with E-state index >= 15 is 0 Å². The molecule has 1 atom stereocenters. The van der Waals surface area contributed by atoms with E-state index in [-0.39, 0.29) is 18.1 Å². The third kappa shape index (κ3) is 9.48. The molecule has 0 radical (unpaired) electrons. The molecule has 0 heterocycles. The minimum absolute atomic E-state index is 0.0616. The molecule has 8 heteroatoms. The summed E-state index contributed by atoms with van der Waals surface area (Å²) in [7, 11) is 0. The molecule has 0 saturated carbocycles. The van der Waals surface area contributed by atoms with Crippen molar-refractivity contribution in [2.24, 2.45) is 0 Å². The number of carboxylic acids is 1. The molecule has 1 N–H and O–H groups in total. The van der Waals surface area contributed by atoms with Gasteiger partial charge in [0.2, 0.25) is 0 Å². The zero-order valence-corrected chi connectivity index (χ0v) is 12.9. The minimum atomic E-state index is -1.24. The molecule has 0 aliphatic rings. The van der Waals surface area contributed by atoms with Gasteiger partial charge >= 0.3 is 12.1 Å². The number of rotatable bonds is 7. The average Bonchev–Trinajstić information content (AvgIpc) is 2.24. The lowest BCUT2D eigenvalue weighted by Gasteiger charge is -2.22. The molecule has 0 bridgehead atoms. The standard InChI is InChI=1S/C12H21NO6S/c1-5-18-10(16)8(6-20-7-9(14)15)13-11(17)19-12(2,3)4/h8H,5-7H2,1-4H3,(H,13,17)(H,14,15)/p-1/t8-/m0/s1. The molecule has 0 fully saturated rings. The maximum atomic E-state index is 11.7. The second-order valence-corrected chi connectivity index (χ2v) is 5.87. The van der Waals surface area contributed by atoms with Crippen LogP contribution in [-0.2, 0) is 19.1 Å². The average molecular weight is 306 g/mol. The van der Waals surface area contributed by atoms with Gasteiger partial charge in [0.25, 0.3) is 0 Å². The van der Waals surface area contributed by atoms with E-state index < -0.39 is 29.7 Å². The molecule has 7 nitrogen and oxygen atoms in total. The summed E-state index contributed by atoms with van der Waals surface area (Å²) in [6.07, 6.45) is -0.760. The first-order valence-corrected chi connectivity index (χ1v) is 7.25. The van der Waals surface area contributed by atoms with Crippen LogP contribution in [0.25, 0.3) is 0 Å². The second-order valence-electron chi connectivity index (χ2n) is 4.84. The van der Waals surface area contributed by atoms with Gasteiger partial charge in [-0.05, 0) is 27.7 Å². The molecule has 0 aromatic rings. The van der Waals surface area contributed by atoms with Gasteiger partial charge in [0.15, 0.2) is 0 Å². The van der Waals surface area contributed by atoms with E-state index in [0.717, 1.165) is 11.8 Å². The Morgan fingerprint density at radius 2 is 1.90 bits per heavy atom. The number of hydrogen-bond acceptors (Lipinski definition) is 7. The van der Waals surface area contributed by atoms with E-state index in [4.69, 9.17) is 9.47 Å². The molecular formula is C12H20NO6S-. The third-order valence-corrected chi connectivity index (χ3v) is 2.78. The van der Waals surface area contributed by atoms with Gasteiger partial charge in [-0.2, -0.15) is 11.8 Å². The molecular weight excluding hydrogens is 286 g/mol. The fourth-order valence-electron chi connectivity index (χ4n) is 1.12. The quantitative estimate of drug-likeness (QED) is 0.656. The van der Waals surface area contributed by atoms with Crippen molar-refractivity contribution in [3.63, 3.8) is 0 Å². The van der Waals surface area contributed by atoms with Crippen molar-refractivity contribution in [1.29, 1.82) is 0 Å². The topological polar surface area (TPSA) is 105 Å². The second kappa shape index (κ2) is 8.68. The van der Waals surface area contributed by atoms with Gasteiger partial charge in [0, 0.05) is 11.5 Å². The number of ether oxygens (including phenoxy) is 2. The highest BCUT2D eigenvalue weighted by molar-refractivity contribution is 8.00. The fraction of sp³-hybridized carbons (Fsp3) is 0.750. The molecule has 0 aromatic heterocycles. The number of carbonyl (C=O) groups is 3. The van der Waals surface area contributed by atoms with E-state index in [9.17, 15) is 19.5 Å². The van der Waals surface area contributed by atoms with Gasteiger partial charge < -0.3 is 24.7 Å². The van der Waals surface area contributed by atoms with Crippen molar-refractivity contribution in [2.45, 2.75) is 39.3 Å². The van der Waals surface area contributed by atoms with Crippen LogP contribution in [0.3, 0.4) is 0 Å². The van der Waals surface area contributed by atoms with E-state index in [0.29, 0.717) is 0 Å². The smallest absolute Gasteiger partial charge is 0.408 e. The first kappa shape index (κ1) is 18.6. The largest absolute Gasteiger partial charge is 0.549 e. The summed E-state index contributed by atoms with van der Waals surface area (Å²) in [5.41, 5.74) is -0.693. The maximum Gasteiger partial charge on any atom is 0.408 e. The highest BCUT2D eigenvalue weighted by Crippen LogP contribution is 2.09. The van der Waals surface area contributed by atoms with Crippen molar-refractivity contribution in [3.8, 4) is 0 Å². The summed E-state index contributed by atoms with van der Waals surface area (Å²) in [4.78, 5) is 33.6. The van der Waals surface area contributed by atoms with E-state index in [1.54, 1.807) is 27.7 Å². The number of thioether (sulfide) groups is 1. The third-order valence-electron chi connectivity index (χ3n) is 1.77. The summed E-state index contributed by atoms with van der Waals surface area (Å²) in [6.45, 7) is 6.87. The fourth-order valence-corrected chi connectivity index (χ4v) is 1.86. The Kier molecular flexibility index (Phi) is 8.05. The van der Waals surface area contributed by atoms with E-state index in [2.05, 4.69) is 5.32 Å². The number of esters is 1. The number of amides is 1. The Morgan fingerprint density at radius 1 is 1.30 bits per heavy atom. The van der Waals surface area contributed by atoms with Crippen LogP contribution < -0.4 is 10.4 Å². The van der Waals surface area contributed by atoms with Crippen molar-refractivity contribution < 1.29 is 29.0 Å². The molecule has 116 valence electrons. The SMILES string of the molecule is CCOC(=O)[C@H](CSCC(=O)[O-])NC(=O)OC(C)(C)C. The molecule has 0 unspecified atom stereocenters. The number of carbonyl (C=O) groups excluding carboxylic acids is 3. The maximum absolute atomic E-state index is 11.7. The van der Waals surface area contributed by atoms with Gasteiger partial charge in [0.1, 0.15) is 11.6 Å². The van der Waals surface area contributed by atoms with Crippen molar-refractivity contribution >= 4 is 29.8 Å². The molecule has 0 aromatic carbocycles. The number of alkyl carbamates (subject to hydrolysis) is 1. The molecule has 0 aliphatic heterocycles. The molecule has 0 rings (SSSR count). The van der Waals surface area contributed by atoms with Crippen LogP contribution in [0.2, 0.25) is 0 Å². The number of nitrogens with one attached hydrogen (secondary N) is 1. The van der Waals surface area contributed by atoms with Gasteiger partial charge in [-0.15, -0.1) is 0 Å². The van der Waals surface area contributed by atoms with Crippen LogP contribution in [0.1, 0.15) is 27.7 Å². The summed E-state index contributed by atoms with van der Waals surface area (Å²) in [5, 5.41) is 12.7. The molecule has 0 saturated heterocycles. The van der Waals surface area contributed by atoms with Crippen LogP contribution in [0.15, 0.2) is 0 Å². The van der Waals surface area contributed by atoms with Gasteiger partial charge in [0.05, 0.1) is 12.6 Å². The highest BCUT2D eigenvalue weighted by atomic mass is 32.2. The summed E-state index contributed by atoms with van der Waals surface area (Å²) in [6, 6.07) is -0.964. The van der Waals surface area contributed by atoms with E-state index in [1.165, 1.54) is 0 Å². The lowest BCUT2D eigenvalue weighted by atomic mass is 10.2. The Morgan fingerprint density at radius 3 is 2.35 bits per heavy atom. The van der Waals surface area contributed by atoms with Gasteiger partial charge in [-0.3, -0.25) is 0 Å². The van der Waals surface area contributed by atoms with Crippen LogP contribution in [0.4, 0.5) is 4.79 Å². The molecule has 20 heavy (non-hydrogen) atoms. The minimum Gasteiger partial charge on any atom is -0.549 e. The first-order chi connectivity index (χ1) is 9.15. The summed E-state index contributed by atoms with van der Waals surface area (Å²) < 4.78 is 9.84. The Hall–Kier alpha value is -1.44. The van der Waals surface area contributed by atoms with Crippen LogP contribution in [0.5, 0.6) is 0 Å². The number of aliphatic carboxylic acids is 1. The van der Waals surface area contributed by atoms with E-state index in [1.807, 2.05) is 0 Å². The van der Waals surface area contributed by atoms with Gasteiger partial charge in [-0.1, -0.05) is 0 Å². The lowest BCUT2D eigenvalue weighted by molar-refractivity contribution is -0.301. The zero-order valence-electron chi connectivity index (χ0n) is 12.1. The predicted octanol–water partition coefficient (Wildman–Crippen LogP) is -0.0741. The Labute approximate surface area is 122 Å². The molecule has 0 aliphatic carbocycles. The lowest BCUT2D eigenvalue weighted by Crippen LogP contribution is -2.46. The Balaban J connectivity index is 4.48. The number of hydrogen-bond donors (Lipinski definition) is 1. The summed E-state index contributed by atoms with van der Waals surface area (Å²) in [5.74, 6) is -2.09. The molecule has 0 spiro atoms. The monoisotopic (exact) mass is 306 g/mol. The Bertz CT molecular complexity index is 352. The normalized spacial score (nSPS) is 12.4. The molecule has 1 amide bonds. The predicted molar refractivity (Wildman–Crippen MR) is 72.1 cm³/mol. The summed E-state index contributed by atoms with van der Waals surface area (Å²) >= 11 is 0.950. The zero-order chi connectivity index (χ0) is 15.8. The highest BCUT2D eigenvalue weighted by Gasteiger charge is 2.25. The first-order valence-electron chi connectivity index (χ1n) is 6.09.